The first kappa shape index (κ1) is 34.7. The van der Waals surface area contributed by atoms with Gasteiger partial charge in [-0.2, -0.15) is 44.5 Å². The minimum Gasteiger partial charge on any atom is -0.475 e. The molecule has 44 heavy (non-hydrogen) atoms. The third kappa shape index (κ3) is 6.67. The number of nitrogens with zero attached hydrogens (tertiary/aromatic N) is 5. The van der Waals surface area contributed by atoms with Gasteiger partial charge < -0.3 is 20.3 Å². The van der Waals surface area contributed by atoms with Crippen molar-refractivity contribution in [3.63, 3.8) is 0 Å². The number of amides is 2. The second kappa shape index (κ2) is 12.3. The zero-order valence-electron chi connectivity index (χ0n) is 22.5. The van der Waals surface area contributed by atoms with Crippen molar-refractivity contribution in [3.8, 4) is 5.88 Å². The summed E-state index contributed by atoms with van der Waals surface area (Å²) in [5, 5.41) is 4.17. The molecule has 0 bridgehead atoms. The maximum absolute atomic E-state index is 14.1. The maximum Gasteiger partial charge on any atom is 0.460 e. The van der Waals surface area contributed by atoms with Gasteiger partial charge in [-0.15, -0.1) is 0 Å². The first-order valence-electron chi connectivity index (χ1n) is 11.9. The van der Waals surface area contributed by atoms with E-state index >= 15 is 0 Å². The number of aryl methyl sites for hydroxylation is 1. The molecule has 0 saturated heterocycles. The van der Waals surface area contributed by atoms with Gasteiger partial charge in [0.1, 0.15) is 17.7 Å². The first-order valence-corrected chi connectivity index (χ1v) is 12.6. The van der Waals surface area contributed by atoms with Crippen LogP contribution in [0.5, 0.6) is 5.88 Å². The van der Waals surface area contributed by atoms with Crippen LogP contribution in [0.1, 0.15) is 17.3 Å². The fourth-order valence-corrected chi connectivity index (χ4v) is 3.82. The monoisotopic (exact) mass is 683 g/mol. The van der Waals surface area contributed by atoms with Crippen molar-refractivity contribution >= 4 is 57.8 Å². The average molecular weight is 684 g/mol. The number of halogens is 11. The van der Waals surface area contributed by atoms with Crippen molar-refractivity contribution in [2.45, 2.75) is 30.9 Å². The Labute approximate surface area is 251 Å². The number of anilines is 2. The van der Waals surface area contributed by atoms with Gasteiger partial charge in [-0.1, -0.05) is 23.2 Å². The molecule has 2 amide bonds. The Hall–Kier alpha value is -3.74. The molecule has 21 heteroatoms. The molecule has 0 aliphatic rings. The van der Waals surface area contributed by atoms with Gasteiger partial charge in [0.15, 0.2) is 5.65 Å². The number of carbonyl (C=O) groups excluding carboxylic acids is 2. The molecule has 0 saturated carbocycles. The third-order valence-electron chi connectivity index (χ3n) is 6.03. The van der Waals surface area contributed by atoms with E-state index in [9.17, 15) is 49.1 Å². The molecule has 3 heterocycles. The Bertz CT molecular complexity index is 1550. The Kier molecular flexibility index (Phi) is 9.74. The fraction of sp³-hybridized carbons (Fsp3) is 0.435. The zero-order valence-corrected chi connectivity index (χ0v) is 24.0. The summed E-state index contributed by atoms with van der Waals surface area (Å²) in [7, 11) is 2.83. The number of carbonyl (C=O) groups is 2. The van der Waals surface area contributed by atoms with E-state index < -0.39 is 47.8 Å². The normalized spacial score (nSPS) is 12.8. The SMILES string of the molecule is CC(=O)N(C)CCOc1nc2c(cc1C(=O)NCC(F)(F)C(F)(F)C(F)(F)C(F)(F)F)nc(Nc1c(Cl)cncc1Cl)n2C. The maximum atomic E-state index is 14.1. The van der Waals surface area contributed by atoms with E-state index in [0.717, 1.165) is 6.07 Å². The summed E-state index contributed by atoms with van der Waals surface area (Å²) in [4.78, 5) is 37.6. The predicted octanol–water partition coefficient (Wildman–Crippen LogP) is 5.47. The van der Waals surface area contributed by atoms with Crippen LogP contribution < -0.4 is 15.4 Å². The lowest BCUT2D eigenvalue weighted by molar-refractivity contribution is -0.394. The van der Waals surface area contributed by atoms with Crippen molar-refractivity contribution in [1.82, 2.24) is 29.7 Å². The molecule has 0 fully saturated rings. The van der Waals surface area contributed by atoms with Gasteiger partial charge in [0.2, 0.25) is 17.7 Å². The number of aromatic nitrogens is 4. The number of hydrogen-bond donors (Lipinski definition) is 2. The zero-order chi connectivity index (χ0) is 33.4. The van der Waals surface area contributed by atoms with Gasteiger partial charge in [0, 0.05) is 33.4 Å². The topological polar surface area (TPSA) is 114 Å². The molecular formula is C23H20Cl2F9N7O3. The molecule has 0 aliphatic heterocycles. The van der Waals surface area contributed by atoms with Crippen LogP contribution in [-0.4, -0.2) is 86.9 Å². The van der Waals surface area contributed by atoms with E-state index in [4.69, 9.17) is 27.9 Å². The summed E-state index contributed by atoms with van der Waals surface area (Å²) in [5.41, 5.74) is -0.728. The molecule has 0 atom stereocenters. The van der Waals surface area contributed by atoms with Crippen molar-refractivity contribution < 1.29 is 53.8 Å². The average Bonchev–Trinajstić information content (AvgIpc) is 3.22. The highest BCUT2D eigenvalue weighted by Crippen LogP contribution is 2.52. The Balaban J connectivity index is 1.99. The number of pyridine rings is 2. The highest BCUT2D eigenvalue weighted by Gasteiger charge is 2.81. The number of fused-ring (bicyclic) bond motifs is 1. The third-order valence-corrected chi connectivity index (χ3v) is 6.60. The number of nitrogens with one attached hydrogen (secondary N) is 2. The molecule has 2 N–H and O–H groups in total. The van der Waals surface area contributed by atoms with E-state index in [1.165, 1.54) is 48.2 Å². The van der Waals surface area contributed by atoms with Crippen LogP contribution in [0, 0.1) is 0 Å². The van der Waals surface area contributed by atoms with Crippen LogP contribution in [0.4, 0.5) is 51.1 Å². The van der Waals surface area contributed by atoms with Crippen LogP contribution in [-0.2, 0) is 11.8 Å². The number of likely N-dealkylation sites (N-methyl/N-ethyl adjacent to an activating group) is 1. The number of alkyl halides is 9. The number of imidazole rings is 1. The lowest BCUT2D eigenvalue weighted by Gasteiger charge is -2.33. The molecule has 0 radical (unpaired) electrons. The molecule has 0 aromatic carbocycles. The van der Waals surface area contributed by atoms with E-state index in [1.807, 2.05) is 0 Å². The number of rotatable bonds is 11. The molecule has 10 nitrogen and oxygen atoms in total. The van der Waals surface area contributed by atoms with Crippen LogP contribution in [0.2, 0.25) is 10.0 Å². The quantitative estimate of drug-likeness (QED) is 0.258. The van der Waals surface area contributed by atoms with E-state index in [2.05, 4.69) is 20.3 Å². The summed E-state index contributed by atoms with van der Waals surface area (Å²) in [6.45, 7) is -1.83. The van der Waals surface area contributed by atoms with E-state index in [0.29, 0.717) is 0 Å². The second-order valence-corrected chi connectivity index (χ2v) is 9.92. The minimum atomic E-state index is -7.14. The Morgan fingerprint density at radius 1 is 1.00 bits per heavy atom. The van der Waals surface area contributed by atoms with Crippen molar-refractivity contribution in [3.05, 3.63) is 34.1 Å². The van der Waals surface area contributed by atoms with Gasteiger partial charge in [0.25, 0.3) is 5.91 Å². The fourth-order valence-electron chi connectivity index (χ4n) is 3.36. The van der Waals surface area contributed by atoms with Crippen LogP contribution in [0.3, 0.4) is 0 Å². The van der Waals surface area contributed by atoms with Crippen LogP contribution >= 0.6 is 23.2 Å². The van der Waals surface area contributed by atoms with E-state index in [-0.39, 0.29) is 51.9 Å². The Morgan fingerprint density at radius 2 is 1.59 bits per heavy atom. The molecule has 242 valence electrons. The molecule has 3 rings (SSSR count). The standard InChI is InChI=1S/C23H20Cl2F9N7O3/c1-10(42)40(2)4-5-44-18-11(17(43)36-9-20(26,27)21(28,29)22(30,31)23(32,33)34)6-14-16(39-18)41(3)19(37-14)38-15-12(24)7-35-8-13(15)25/h6-8H,4-5,9H2,1-3H3,(H,36,43)(H,35,37,38). The van der Waals surface area contributed by atoms with Crippen molar-refractivity contribution in [2.75, 3.05) is 32.1 Å². The molecule has 0 aliphatic carbocycles. The minimum absolute atomic E-state index is 0.00267. The van der Waals surface area contributed by atoms with E-state index in [1.54, 1.807) is 0 Å². The Morgan fingerprint density at radius 3 is 2.14 bits per heavy atom. The summed E-state index contributed by atoms with van der Waals surface area (Å²) in [6.07, 6.45) is -4.51. The van der Waals surface area contributed by atoms with Gasteiger partial charge in [-0.25, -0.2) is 4.98 Å². The summed E-state index contributed by atoms with van der Waals surface area (Å²) in [6, 6.07) is 0.906. The van der Waals surface area contributed by atoms with Crippen molar-refractivity contribution in [1.29, 1.82) is 0 Å². The molecule has 0 spiro atoms. The second-order valence-electron chi connectivity index (χ2n) is 9.10. The van der Waals surface area contributed by atoms with Crippen LogP contribution in [0.15, 0.2) is 18.5 Å². The van der Waals surface area contributed by atoms with Gasteiger partial charge in [0.05, 0.1) is 28.8 Å². The molecular weight excluding hydrogens is 664 g/mol. The number of hydrogen-bond acceptors (Lipinski definition) is 7. The van der Waals surface area contributed by atoms with Crippen molar-refractivity contribution in [2.24, 2.45) is 7.05 Å². The summed E-state index contributed by atoms with van der Waals surface area (Å²) >= 11 is 12.2. The summed E-state index contributed by atoms with van der Waals surface area (Å²) < 4.78 is 126. The van der Waals surface area contributed by atoms with Gasteiger partial charge in [-0.05, 0) is 6.07 Å². The lowest BCUT2D eigenvalue weighted by atomic mass is 10.0. The smallest absolute Gasteiger partial charge is 0.460 e. The molecule has 3 aromatic rings. The summed E-state index contributed by atoms with van der Waals surface area (Å²) in [5.74, 6) is -22.8. The highest BCUT2D eigenvalue weighted by molar-refractivity contribution is 6.39. The largest absolute Gasteiger partial charge is 0.475 e. The first-order chi connectivity index (χ1) is 20.1. The number of ether oxygens (including phenoxy) is 1. The van der Waals surface area contributed by atoms with Crippen LogP contribution in [0.25, 0.3) is 11.2 Å². The molecule has 0 unspecified atom stereocenters. The van der Waals surface area contributed by atoms with Gasteiger partial charge in [-0.3, -0.25) is 19.1 Å². The van der Waals surface area contributed by atoms with Gasteiger partial charge >= 0.3 is 23.9 Å². The highest BCUT2D eigenvalue weighted by atomic mass is 35.5. The lowest BCUT2D eigenvalue weighted by Crippen LogP contribution is -2.63. The predicted molar refractivity (Wildman–Crippen MR) is 138 cm³/mol. The molecule has 3 aromatic heterocycles.